The minimum atomic E-state index is -2.63. The fraction of sp³-hybridized carbons (Fsp3) is 0.650. The molecule has 3 aliphatic rings. The second-order valence-electron chi connectivity index (χ2n) is 8.39. The highest BCUT2D eigenvalue weighted by molar-refractivity contribution is 5.80. The maximum atomic E-state index is 13.4. The third kappa shape index (κ3) is 3.33. The summed E-state index contributed by atoms with van der Waals surface area (Å²) in [5, 5.41) is 4.68. The fourth-order valence-corrected chi connectivity index (χ4v) is 4.43. The lowest BCUT2D eigenvalue weighted by Crippen LogP contribution is -2.49. The Morgan fingerprint density at radius 3 is 2.68 bits per heavy atom. The Labute approximate surface area is 162 Å². The van der Waals surface area contributed by atoms with Crippen molar-refractivity contribution >= 4 is 17.2 Å². The van der Waals surface area contributed by atoms with E-state index in [-0.39, 0.29) is 37.8 Å². The van der Waals surface area contributed by atoms with E-state index >= 15 is 0 Å². The largest absolute Gasteiger partial charge is 0.354 e. The summed E-state index contributed by atoms with van der Waals surface area (Å²) < 4.78 is 28.7. The van der Waals surface area contributed by atoms with Crippen molar-refractivity contribution in [2.24, 2.45) is 5.92 Å². The van der Waals surface area contributed by atoms with Gasteiger partial charge < -0.3 is 9.80 Å². The van der Waals surface area contributed by atoms with Gasteiger partial charge in [0.25, 0.3) is 5.92 Å². The molecule has 2 saturated heterocycles. The van der Waals surface area contributed by atoms with E-state index in [1.165, 1.54) is 12.8 Å². The molecule has 0 aromatic carbocycles. The summed E-state index contributed by atoms with van der Waals surface area (Å²) in [7, 11) is 0. The summed E-state index contributed by atoms with van der Waals surface area (Å²) in [6.45, 7) is 1.74. The van der Waals surface area contributed by atoms with Gasteiger partial charge in [-0.2, -0.15) is 5.10 Å². The maximum absolute atomic E-state index is 13.4. The van der Waals surface area contributed by atoms with Gasteiger partial charge in [0.1, 0.15) is 5.52 Å². The van der Waals surface area contributed by atoms with Crippen molar-refractivity contribution in [1.29, 1.82) is 0 Å². The monoisotopic (exact) mass is 389 g/mol. The molecule has 0 spiro atoms. The van der Waals surface area contributed by atoms with Gasteiger partial charge in [0.15, 0.2) is 5.82 Å². The molecule has 150 valence electrons. The van der Waals surface area contributed by atoms with Crippen LogP contribution in [0.25, 0.3) is 5.52 Å². The van der Waals surface area contributed by atoms with Gasteiger partial charge in [-0.05, 0) is 31.7 Å². The van der Waals surface area contributed by atoms with Crippen LogP contribution in [-0.2, 0) is 4.79 Å². The molecule has 6 nitrogen and oxygen atoms in total. The van der Waals surface area contributed by atoms with Crippen LogP contribution in [0.3, 0.4) is 0 Å². The highest BCUT2D eigenvalue weighted by Gasteiger charge is 2.38. The van der Waals surface area contributed by atoms with Crippen LogP contribution in [0.15, 0.2) is 18.5 Å². The molecule has 2 aromatic heterocycles. The number of nitrogens with zero attached hydrogens (tertiary/aromatic N) is 5. The van der Waals surface area contributed by atoms with Crippen LogP contribution < -0.4 is 4.90 Å². The van der Waals surface area contributed by atoms with Crippen LogP contribution in [0, 0.1) is 5.92 Å². The van der Waals surface area contributed by atoms with Gasteiger partial charge in [0.05, 0.1) is 11.6 Å². The molecule has 5 rings (SSSR count). The lowest BCUT2D eigenvalue weighted by molar-refractivity contribution is -0.141. The molecule has 28 heavy (non-hydrogen) atoms. The number of hydrogen-bond donors (Lipinski definition) is 0. The van der Waals surface area contributed by atoms with Crippen molar-refractivity contribution < 1.29 is 13.6 Å². The number of likely N-dealkylation sites (tertiary alicyclic amines) is 1. The smallest absolute Gasteiger partial charge is 0.251 e. The predicted octanol–water partition coefficient (Wildman–Crippen LogP) is 3.08. The molecule has 8 heteroatoms. The lowest BCUT2D eigenvalue weighted by atomic mass is 9.95. The van der Waals surface area contributed by atoms with Gasteiger partial charge in [-0.1, -0.05) is 0 Å². The maximum Gasteiger partial charge on any atom is 0.251 e. The third-order valence-corrected chi connectivity index (χ3v) is 6.26. The van der Waals surface area contributed by atoms with Crippen LogP contribution in [0.2, 0.25) is 0 Å². The molecular formula is C20H25F2N5O. The zero-order chi connectivity index (χ0) is 19.3. The fourth-order valence-electron chi connectivity index (χ4n) is 4.43. The molecule has 0 radical (unpaired) electrons. The lowest BCUT2D eigenvalue weighted by Gasteiger charge is -2.38. The summed E-state index contributed by atoms with van der Waals surface area (Å²) in [6, 6.07) is 2.12. The van der Waals surface area contributed by atoms with Crippen molar-refractivity contribution in [3.05, 3.63) is 24.2 Å². The predicted molar refractivity (Wildman–Crippen MR) is 101 cm³/mol. The summed E-state index contributed by atoms with van der Waals surface area (Å²) in [4.78, 5) is 21.3. The van der Waals surface area contributed by atoms with E-state index in [0.717, 1.165) is 36.4 Å². The second kappa shape index (κ2) is 6.67. The number of anilines is 1. The van der Waals surface area contributed by atoms with E-state index in [0.29, 0.717) is 12.5 Å². The first-order valence-electron chi connectivity index (χ1n) is 10.3. The topological polar surface area (TPSA) is 53.7 Å². The number of carbonyl (C=O) groups is 1. The first-order valence-corrected chi connectivity index (χ1v) is 10.3. The SMILES string of the molecule is O=C(C1CCCN(c2nccn3nc(C4CC4)cc23)C1)N1CCC(F)(F)CC1. The molecule has 1 amide bonds. The average molecular weight is 389 g/mol. The number of rotatable bonds is 3. The van der Waals surface area contributed by atoms with Gasteiger partial charge >= 0.3 is 0 Å². The molecule has 2 aromatic rings. The summed E-state index contributed by atoms with van der Waals surface area (Å²) in [5.41, 5.74) is 2.10. The highest BCUT2D eigenvalue weighted by Crippen LogP contribution is 2.40. The van der Waals surface area contributed by atoms with Crippen molar-refractivity contribution in [3.8, 4) is 0 Å². The van der Waals surface area contributed by atoms with E-state index in [4.69, 9.17) is 0 Å². The normalized spacial score (nSPS) is 25.3. The van der Waals surface area contributed by atoms with E-state index in [1.54, 1.807) is 11.1 Å². The standard InChI is InChI=1S/C20H25F2N5O/c21-20(22)5-9-25(10-6-20)19(28)15-2-1-8-26(13-15)18-17-12-16(14-3-4-14)24-27(17)11-7-23-18/h7,11-12,14-15H,1-6,8-10,13H2. The number of carbonyl (C=O) groups excluding carboxylic acids is 1. The average Bonchev–Trinajstić information content (AvgIpc) is 3.46. The number of alkyl halides is 2. The molecule has 3 fully saturated rings. The zero-order valence-electron chi connectivity index (χ0n) is 15.9. The van der Waals surface area contributed by atoms with E-state index in [9.17, 15) is 13.6 Å². The summed E-state index contributed by atoms with van der Waals surface area (Å²) in [5.74, 6) is -1.34. The molecular weight excluding hydrogens is 364 g/mol. The number of piperidine rings is 2. The van der Waals surface area contributed by atoms with Crippen LogP contribution >= 0.6 is 0 Å². The Kier molecular flexibility index (Phi) is 4.25. The van der Waals surface area contributed by atoms with E-state index < -0.39 is 5.92 Å². The Morgan fingerprint density at radius 1 is 1.14 bits per heavy atom. The van der Waals surface area contributed by atoms with Gasteiger partial charge in [-0.3, -0.25) is 4.79 Å². The first-order chi connectivity index (χ1) is 13.5. The Bertz CT molecular complexity index is 884. The third-order valence-electron chi connectivity index (χ3n) is 6.26. The Balaban J connectivity index is 1.33. The van der Waals surface area contributed by atoms with Crippen LogP contribution in [0.5, 0.6) is 0 Å². The Hall–Kier alpha value is -2.25. The molecule has 0 bridgehead atoms. The van der Waals surface area contributed by atoms with E-state index in [2.05, 4.69) is 21.0 Å². The molecule has 2 aliphatic heterocycles. The quantitative estimate of drug-likeness (QED) is 0.810. The second-order valence-corrected chi connectivity index (χ2v) is 8.39. The molecule has 1 aliphatic carbocycles. The molecule has 1 unspecified atom stereocenters. The number of halogens is 2. The Morgan fingerprint density at radius 2 is 1.93 bits per heavy atom. The molecule has 4 heterocycles. The van der Waals surface area contributed by atoms with Crippen LogP contribution in [0.1, 0.15) is 50.1 Å². The number of aromatic nitrogens is 3. The van der Waals surface area contributed by atoms with Crippen molar-refractivity contribution in [2.75, 3.05) is 31.1 Å². The molecule has 0 N–H and O–H groups in total. The summed E-state index contributed by atoms with van der Waals surface area (Å²) in [6.07, 6.45) is 7.26. The highest BCUT2D eigenvalue weighted by atomic mass is 19.3. The van der Waals surface area contributed by atoms with Crippen molar-refractivity contribution in [2.45, 2.75) is 50.4 Å². The number of hydrogen-bond acceptors (Lipinski definition) is 4. The zero-order valence-corrected chi connectivity index (χ0v) is 15.9. The van der Waals surface area contributed by atoms with Gasteiger partial charge in [-0.15, -0.1) is 0 Å². The minimum Gasteiger partial charge on any atom is -0.354 e. The van der Waals surface area contributed by atoms with Gasteiger partial charge in [-0.25, -0.2) is 18.3 Å². The molecule has 1 atom stereocenters. The first kappa shape index (κ1) is 17.8. The number of amides is 1. The van der Waals surface area contributed by atoms with Crippen molar-refractivity contribution in [1.82, 2.24) is 19.5 Å². The molecule has 1 saturated carbocycles. The van der Waals surface area contributed by atoms with Gasteiger partial charge in [0, 0.05) is 57.3 Å². The number of fused-ring (bicyclic) bond motifs is 1. The van der Waals surface area contributed by atoms with Crippen LogP contribution in [0.4, 0.5) is 14.6 Å². The van der Waals surface area contributed by atoms with Crippen LogP contribution in [-0.4, -0.2) is 57.5 Å². The van der Waals surface area contributed by atoms with E-state index in [1.807, 2.05) is 10.7 Å². The van der Waals surface area contributed by atoms with Crippen molar-refractivity contribution in [3.63, 3.8) is 0 Å². The minimum absolute atomic E-state index is 0.0133. The van der Waals surface area contributed by atoms with Gasteiger partial charge in [0.2, 0.25) is 5.91 Å². The summed E-state index contributed by atoms with van der Waals surface area (Å²) >= 11 is 0.